The molecule has 2 N–H and O–H groups in total. The van der Waals surface area contributed by atoms with Crippen LogP contribution in [0.1, 0.15) is 51.0 Å². The number of amides is 1. The second-order valence-electron chi connectivity index (χ2n) is 5.97. The van der Waals surface area contributed by atoms with E-state index in [9.17, 15) is 9.59 Å². The van der Waals surface area contributed by atoms with Gasteiger partial charge in [-0.2, -0.15) is 5.10 Å². The van der Waals surface area contributed by atoms with Gasteiger partial charge in [0.2, 0.25) is 0 Å². The smallest absolute Gasteiger partial charge is 0.355 e. The number of aromatic amines is 1. The van der Waals surface area contributed by atoms with Crippen molar-refractivity contribution in [3.63, 3.8) is 0 Å². The zero-order chi connectivity index (χ0) is 19.4. The number of aryl methyl sites for hydroxylation is 1. The van der Waals surface area contributed by atoms with Gasteiger partial charge in [-0.1, -0.05) is 11.6 Å². The number of carbonyl (C=O) groups is 2. The predicted molar refractivity (Wildman–Crippen MR) is 103 cm³/mol. The van der Waals surface area contributed by atoms with E-state index in [-0.39, 0.29) is 5.91 Å². The van der Waals surface area contributed by atoms with Gasteiger partial charge >= 0.3 is 5.97 Å². The summed E-state index contributed by atoms with van der Waals surface area (Å²) < 4.78 is 5.07. The van der Waals surface area contributed by atoms with Crippen molar-refractivity contribution in [3.05, 3.63) is 58.2 Å². The minimum atomic E-state index is -0.395. The largest absolute Gasteiger partial charge is 0.461 e. The van der Waals surface area contributed by atoms with Crippen LogP contribution < -0.4 is 5.43 Å². The van der Waals surface area contributed by atoms with Gasteiger partial charge in [-0.05, 0) is 50.0 Å². The molecule has 0 atom stereocenters. The number of hydrogen-bond acceptors (Lipinski definition) is 5. The zero-order valence-electron chi connectivity index (χ0n) is 15.0. The number of fused-ring (bicyclic) bond motifs is 1. The molecule has 3 rings (SSSR count). The number of nitrogens with one attached hydrogen (secondary N) is 2. The summed E-state index contributed by atoms with van der Waals surface area (Å²) in [6.45, 7) is 3.90. The zero-order valence-corrected chi connectivity index (χ0v) is 15.8. The molecule has 140 valence electrons. The Bertz CT molecular complexity index is 932. The standard InChI is InChI=1S/C19H19ClN4O3/c1-3-27-19(26)17-11(2)15-14(23-17)5-4-13(16(15)20)10-22-24-18(25)12-6-8-21-9-7-12/h6-10,23H,3-5H2,1-2H3,(H,24,25). The van der Waals surface area contributed by atoms with E-state index in [1.165, 1.54) is 12.4 Å². The molecule has 2 heterocycles. The minimum absolute atomic E-state index is 0.306. The van der Waals surface area contributed by atoms with Crippen molar-refractivity contribution in [2.45, 2.75) is 26.7 Å². The van der Waals surface area contributed by atoms with Gasteiger partial charge in [0.15, 0.2) is 0 Å². The van der Waals surface area contributed by atoms with Crippen LogP contribution in [0, 0.1) is 6.92 Å². The molecule has 0 aromatic carbocycles. The summed E-state index contributed by atoms with van der Waals surface area (Å²) in [5.41, 5.74) is 6.60. The Morgan fingerprint density at radius 2 is 2.11 bits per heavy atom. The second kappa shape index (κ2) is 8.18. The Morgan fingerprint density at radius 3 is 2.81 bits per heavy atom. The number of nitrogens with zero attached hydrogens (tertiary/aromatic N) is 2. The van der Waals surface area contributed by atoms with Gasteiger partial charge in [-0.3, -0.25) is 9.78 Å². The summed E-state index contributed by atoms with van der Waals surface area (Å²) in [6, 6.07) is 3.20. The molecule has 7 nitrogen and oxygen atoms in total. The van der Waals surface area contributed by atoms with E-state index < -0.39 is 5.97 Å². The number of halogens is 1. The summed E-state index contributed by atoms with van der Waals surface area (Å²) in [7, 11) is 0. The first-order valence-corrected chi connectivity index (χ1v) is 8.91. The number of esters is 1. The van der Waals surface area contributed by atoms with Crippen LogP contribution in [0.5, 0.6) is 0 Å². The van der Waals surface area contributed by atoms with E-state index in [1.807, 2.05) is 6.92 Å². The molecule has 0 saturated carbocycles. The van der Waals surface area contributed by atoms with Gasteiger partial charge in [-0.25, -0.2) is 10.2 Å². The van der Waals surface area contributed by atoms with Crippen molar-refractivity contribution in [2.24, 2.45) is 5.10 Å². The first-order valence-electron chi connectivity index (χ1n) is 8.54. The lowest BCUT2D eigenvalue weighted by atomic mass is 9.95. The van der Waals surface area contributed by atoms with Crippen LogP contribution in [0.2, 0.25) is 0 Å². The molecule has 0 unspecified atom stereocenters. The normalized spacial score (nSPS) is 13.6. The highest BCUT2D eigenvalue weighted by atomic mass is 35.5. The van der Waals surface area contributed by atoms with E-state index >= 15 is 0 Å². The van der Waals surface area contributed by atoms with Crippen molar-refractivity contribution in [1.29, 1.82) is 0 Å². The summed E-state index contributed by atoms with van der Waals surface area (Å²) in [4.78, 5) is 31.1. The average molecular weight is 387 g/mol. The summed E-state index contributed by atoms with van der Waals surface area (Å²) in [6.07, 6.45) is 5.95. The fourth-order valence-corrected chi connectivity index (χ4v) is 3.34. The van der Waals surface area contributed by atoms with E-state index in [0.717, 1.165) is 22.4 Å². The molecule has 0 aliphatic heterocycles. The topological polar surface area (TPSA) is 96.4 Å². The molecule has 0 spiro atoms. The van der Waals surface area contributed by atoms with E-state index in [2.05, 4.69) is 20.5 Å². The lowest BCUT2D eigenvalue weighted by Crippen LogP contribution is -2.18. The first kappa shape index (κ1) is 18.8. The molecule has 1 aliphatic carbocycles. The molecule has 8 heteroatoms. The van der Waals surface area contributed by atoms with Gasteiger partial charge in [0, 0.05) is 29.2 Å². The number of carbonyl (C=O) groups excluding carboxylic acids is 2. The molecular formula is C19H19ClN4O3. The van der Waals surface area contributed by atoms with Crippen LogP contribution in [0.15, 0.2) is 35.2 Å². The van der Waals surface area contributed by atoms with Crippen LogP contribution >= 0.6 is 11.6 Å². The van der Waals surface area contributed by atoms with Gasteiger partial charge in [0.25, 0.3) is 5.91 Å². The molecule has 1 aliphatic rings. The highest BCUT2D eigenvalue weighted by Crippen LogP contribution is 2.37. The summed E-state index contributed by atoms with van der Waals surface area (Å²) in [5, 5.41) is 4.52. The van der Waals surface area contributed by atoms with Crippen LogP contribution in [-0.2, 0) is 11.2 Å². The Hall–Kier alpha value is -2.93. The van der Waals surface area contributed by atoms with Crippen LogP contribution in [0.3, 0.4) is 0 Å². The van der Waals surface area contributed by atoms with Crippen LogP contribution in [0.25, 0.3) is 5.03 Å². The van der Waals surface area contributed by atoms with Crippen LogP contribution in [0.4, 0.5) is 0 Å². The number of allylic oxidation sites excluding steroid dienone is 1. The Labute approximate surface area is 161 Å². The molecule has 2 aromatic heterocycles. The molecule has 0 fully saturated rings. The summed E-state index contributed by atoms with van der Waals surface area (Å²) in [5.74, 6) is -0.724. The monoisotopic (exact) mass is 386 g/mol. The highest BCUT2D eigenvalue weighted by molar-refractivity contribution is 6.51. The average Bonchev–Trinajstić information content (AvgIpc) is 3.02. The maximum absolute atomic E-state index is 12.1. The van der Waals surface area contributed by atoms with Crippen LogP contribution in [-0.4, -0.2) is 34.7 Å². The SMILES string of the molecule is CCOC(=O)c1[nH]c2c(c1C)C(Cl)=C(C=NNC(=O)c1ccncc1)CC2. The lowest BCUT2D eigenvalue weighted by molar-refractivity contribution is 0.0519. The fraction of sp³-hybridized carbons (Fsp3) is 0.263. The number of ether oxygens (including phenoxy) is 1. The van der Waals surface area contributed by atoms with E-state index in [0.29, 0.717) is 35.7 Å². The molecule has 0 saturated heterocycles. The lowest BCUT2D eigenvalue weighted by Gasteiger charge is -2.14. The third-order valence-corrected chi connectivity index (χ3v) is 4.71. The maximum atomic E-state index is 12.1. The molecule has 2 aromatic rings. The van der Waals surface area contributed by atoms with Gasteiger partial charge < -0.3 is 9.72 Å². The number of hydrazone groups is 1. The molecule has 0 radical (unpaired) electrons. The Balaban J connectivity index is 1.79. The minimum Gasteiger partial charge on any atom is -0.461 e. The predicted octanol–water partition coefficient (Wildman–Crippen LogP) is 3.21. The number of H-pyrrole nitrogens is 1. The van der Waals surface area contributed by atoms with Gasteiger partial charge in [0.1, 0.15) is 5.69 Å². The van der Waals surface area contributed by atoms with Gasteiger partial charge in [-0.15, -0.1) is 0 Å². The quantitative estimate of drug-likeness (QED) is 0.468. The number of rotatable bonds is 5. The second-order valence-corrected chi connectivity index (χ2v) is 6.35. The van der Waals surface area contributed by atoms with Crippen molar-refractivity contribution >= 4 is 34.7 Å². The summed E-state index contributed by atoms with van der Waals surface area (Å²) >= 11 is 6.54. The number of hydrogen-bond donors (Lipinski definition) is 2. The molecule has 1 amide bonds. The first-order chi connectivity index (χ1) is 13.0. The Kier molecular flexibility index (Phi) is 5.71. The molecular weight excluding hydrogens is 368 g/mol. The van der Waals surface area contributed by atoms with Gasteiger partial charge in [0.05, 0.1) is 17.9 Å². The number of pyridine rings is 1. The van der Waals surface area contributed by atoms with Crippen molar-refractivity contribution in [3.8, 4) is 0 Å². The van der Waals surface area contributed by atoms with Crippen molar-refractivity contribution in [1.82, 2.24) is 15.4 Å². The highest BCUT2D eigenvalue weighted by Gasteiger charge is 2.26. The third kappa shape index (κ3) is 3.93. The number of aromatic nitrogens is 2. The fourth-order valence-electron chi connectivity index (χ4n) is 2.94. The third-order valence-electron chi connectivity index (χ3n) is 4.28. The molecule has 0 bridgehead atoms. The Morgan fingerprint density at radius 1 is 1.37 bits per heavy atom. The molecule has 27 heavy (non-hydrogen) atoms. The van der Waals surface area contributed by atoms with E-state index in [1.54, 1.807) is 25.3 Å². The van der Waals surface area contributed by atoms with Crippen molar-refractivity contribution < 1.29 is 14.3 Å². The van der Waals surface area contributed by atoms with E-state index in [4.69, 9.17) is 16.3 Å². The van der Waals surface area contributed by atoms with Crippen molar-refractivity contribution in [2.75, 3.05) is 6.61 Å². The maximum Gasteiger partial charge on any atom is 0.355 e.